The number of hydrogen-bond donors (Lipinski definition) is 1. The van der Waals surface area contributed by atoms with Crippen molar-refractivity contribution in [2.75, 3.05) is 0 Å². The van der Waals surface area contributed by atoms with Gasteiger partial charge in [0.1, 0.15) is 5.82 Å². The van der Waals surface area contributed by atoms with Crippen molar-refractivity contribution in [3.05, 3.63) is 59.4 Å². The zero-order chi connectivity index (χ0) is 10.3. The van der Waals surface area contributed by atoms with E-state index in [1.54, 1.807) is 18.6 Å². The topological polar surface area (TPSA) is 28.7 Å². The number of imidazole rings is 1. The summed E-state index contributed by atoms with van der Waals surface area (Å²) in [4.78, 5) is 7.01. The number of allylic oxidation sites excluding steroid dienone is 1. The van der Waals surface area contributed by atoms with E-state index >= 15 is 0 Å². The molecule has 0 radical (unpaired) electrons. The largest absolute Gasteiger partial charge is 0.345 e. The average Bonchev–Trinajstić information content (AvgIpc) is 2.83. The first-order valence-electron chi connectivity index (χ1n) is 4.82. The Morgan fingerprint density at radius 3 is 3.07 bits per heavy atom. The minimum Gasteiger partial charge on any atom is -0.345 e. The lowest BCUT2D eigenvalue weighted by molar-refractivity contribution is 0.627. The zero-order valence-electron chi connectivity index (χ0n) is 8.00. The first-order valence-corrected chi connectivity index (χ1v) is 4.82. The number of aromatic amines is 1. The van der Waals surface area contributed by atoms with Crippen molar-refractivity contribution in [1.82, 2.24) is 9.97 Å². The molecule has 1 aromatic heterocycles. The summed E-state index contributed by atoms with van der Waals surface area (Å²) in [5.74, 6) is -0.193. The van der Waals surface area contributed by atoms with Crippen LogP contribution in [0.3, 0.4) is 0 Å². The number of hydrogen-bond acceptors (Lipinski definition) is 1. The second-order valence-corrected chi connectivity index (χ2v) is 3.59. The van der Waals surface area contributed by atoms with Crippen LogP contribution in [0.5, 0.6) is 0 Å². The van der Waals surface area contributed by atoms with Crippen LogP contribution < -0.4 is 0 Å². The first-order chi connectivity index (χ1) is 7.34. The first kappa shape index (κ1) is 8.41. The number of fused-ring (bicyclic) bond motifs is 1. The van der Waals surface area contributed by atoms with Crippen molar-refractivity contribution < 1.29 is 4.39 Å². The van der Waals surface area contributed by atoms with Crippen molar-refractivity contribution >= 4 is 5.57 Å². The Balaban J connectivity index is 2.14. The van der Waals surface area contributed by atoms with Gasteiger partial charge >= 0.3 is 0 Å². The molecule has 0 aliphatic heterocycles. The Kier molecular flexibility index (Phi) is 1.71. The molecule has 3 rings (SSSR count). The van der Waals surface area contributed by atoms with E-state index in [1.807, 2.05) is 6.07 Å². The van der Waals surface area contributed by atoms with E-state index in [9.17, 15) is 4.39 Å². The fourth-order valence-corrected chi connectivity index (χ4v) is 1.96. The third-order valence-electron chi connectivity index (χ3n) is 2.68. The van der Waals surface area contributed by atoms with Gasteiger partial charge in [0.05, 0.1) is 18.2 Å². The predicted molar refractivity (Wildman–Crippen MR) is 55.8 cm³/mol. The minimum atomic E-state index is -0.193. The molecule has 0 fully saturated rings. The minimum absolute atomic E-state index is 0.193. The van der Waals surface area contributed by atoms with Crippen LogP contribution in [0.2, 0.25) is 0 Å². The Hall–Kier alpha value is -1.90. The van der Waals surface area contributed by atoms with Crippen LogP contribution in [0.4, 0.5) is 4.39 Å². The summed E-state index contributed by atoms with van der Waals surface area (Å²) in [5.41, 5.74) is 4.13. The van der Waals surface area contributed by atoms with Crippen LogP contribution in [0.25, 0.3) is 5.57 Å². The van der Waals surface area contributed by atoms with Crippen molar-refractivity contribution in [2.45, 2.75) is 6.42 Å². The highest BCUT2D eigenvalue weighted by atomic mass is 19.1. The Morgan fingerprint density at radius 2 is 2.27 bits per heavy atom. The third kappa shape index (κ3) is 1.28. The zero-order valence-corrected chi connectivity index (χ0v) is 8.00. The van der Waals surface area contributed by atoms with Crippen molar-refractivity contribution in [3.8, 4) is 0 Å². The van der Waals surface area contributed by atoms with Gasteiger partial charge in [0.15, 0.2) is 0 Å². The lowest BCUT2D eigenvalue weighted by Crippen LogP contribution is -1.88. The summed E-state index contributed by atoms with van der Waals surface area (Å²) in [5, 5.41) is 0. The second kappa shape index (κ2) is 3.05. The molecule has 1 aliphatic carbocycles. The van der Waals surface area contributed by atoms with Gasteiger partial charge in [0, 0.05) is 5.57 Å². The summed E-state index contributed by atoms with van der Waals surface area (Å²) >= 11 is 0. The molecular formula is C12H9FN2. The molecule has 1 aliphatic rings. The second-order valence-electron chi connectivity index (χ2n) is 3.59. The van der Waals surface area contributed by atoms with Gasteiger partial charge in [-0.25, -0.2) is 9.37 Å². The molecule has 0 saturated carbocycles. The number of halogens is 1. The van der Waals surface area contributed by atoms with Gasteiger partial charge in [-0.15, -0.1) is 0 Å². The van der Waals surface area contributed by atoms with Crippen molar-refractivity contribution in [2.24, 2.45) is 0 Å². The molecular weight excluding hydrogens is 191 g/mol. The Morgan fingerprint density at radius 1 is 1.33 bits per heavy atom. The molecule has 1 aromatic carbocycles. The predicted octanol–water partition coefficient (Wildman–Crippen LogP) is 2.54. The molecule has 0 bridgehead atoms. The molecule has 3 heteroatoms. The average molecular weight is 200 g/mol. The van der Waals surface area contributed by atoms with E-state index in [1.165, 1.54) is 11.6 Å². The van der Waals surface area contributed by atoms with E-state index in [-0.39, 0.29) is 5.82 Å². The molecule has 15 heavy (non-hydrogen) atoms. The van der Waals surface area contributed by atoms with Gasteiger partial charge in [-0.05, 0) is 29.7 Å². The van der Waals surface area contributed by atoms with Gasteiger partial charge < -0.3 is 4.98 Å². The molecule has 2 aromatic rings. The maximum absolute atomic E-state index is 13.1. The normalized spacial score (nSPS) is 13.8. The van der Waals surface area contributed by atoms with E-state index in [0.717, 1.165) is 23.3 Å². The molecule has 1 heterocycles. The molecule has 0 unspecified atom stereocenters. The lowest BCUT2D eigenvalue weighted by Gasteiger charge is -2.03. The van der Waals surface area contributed by atoms with Gasteiger partial charge in [-0.3, -0.25) is 0 Å². The fraction of sp³-hybridized carbons (Fsp3) is 0.0833. The number of H-pyrrole nitrogens is 1. The molecule has 74 valence electrons. The van der Waals surface area contributed by atoms with Crippen molar-refractivity contribution in [1.29, 1.82) is 0 Å². The Labute approximate surface area is 86.5 Å². The van der Waals surface area contributed by atoms with E-state index in [0.29, 0.717) is 0 Å². The van der Waals surface area contributed by atoms with Gasteiger partial charge in [-0.1, -0.05) is 12.1 Å². The smallest absolute Gasteiger partial charge is 0.123 e. The molecule has 0 atom stereocenters. The quantitative estimate of drug-likeness (QED) is 0.752. The molecule has 0 amide bonds. The fourth-order valence-electron chi connectivity index (χ4n) is 1.96. The van der Waals surface area contributed by atoms with Crippen LogP contribution in [0.15, 0.2) is 36.8 Å². The highest BCUT2D eigenvalue weighted by molar-refractivity contribution is 5.82. The summed E-state index contributed by atoms with van der Waals surface area (Å²) in [6.07, 6.45) is 6.35. The maximum Gasteiger partial charge on any atom is 0.123 e. The van der Waals surface area contributed by atoms with Crippen LogP contribution in [0.1, 0.15) is 16.8 Å². The number of aromatic nitrogens is 2. The van der Waals surface area contributed by atoms with Crippen LogP contribution in [-0.2, 0) is 6.42 Å². The summed E-state index contributed by atoms with van der Waals surface area (Å²) < 4.78 is 13.1. The molecule has 0 saturated heterocycles. The monoisotopic (exact) mass is 200 g/mol. The van der Waals surface area contributed by atoms with Crippen LogP contribution in [0, 0.1) is 5.82 Å². The molecule has 2 nitrogen and oxygen atoms in total. The number of nitrogens with one attached hydrogen (secondary N) is 1. The highest BCUT2D eigenvalue weighted by Gasteiger charge is 2.16. The van der Waals surface area contributed by atoms with E-state index in [4.69, 9.17) is 0 Å². The van der Waals surface area contributed by atoms with Gasteiger partial charge in [-0.2, -0.15) is 0 Å². The van der Waals surface area contributed by atoms with Crippen molar-refractivity contribution in [3.63, 3.8) is 0 Å². The maximum atomic E-state index is 13.1. The standard InChI is InChI=1S/C12H9FN2/c13-9-3-1-8-2-4-10(11(8)5-9)12-6-14-7-15-12/h1,3-7H,2H2,(H,14,15). The highest BCUT2D eigenvalue weighted by Crippen LogP contribution is 2.31. The van der Waals surface area contributed by atoms with Gasteiger partial charge in [0.25, 0.3) is 0 Å². The van der Waals surface area contributed by atoms with Crippen LogP contribution in [-0.4, -0.2) is 9.97 Å². The number of benzene rings is 1. The number of nitrogens with zero attached hydrogens (tertiary/aromatic N) is 1. The third-order valence-corrected chi connectivity index (χ3v) is 2.68. The Bertz CT molecular complexity index is 527. The molecule has 1 N–H and O–H groups in total. The van der Waals surface area contributed by atoms with Crippen LogP contribution >= 0.6 is 0 Å². The number of rotatable bonds is 1. The summed E-state index contributed by atoms with van der Waals surface area (Å²) in [7, 11) is 0. The SMILES string of the molecule is Fc1ccc2c(c1)C(c1cnc[nH]1)=CC2. The lowest BCUT2D eigenvalue weighted by atomic mass is 10.0. The summed E-state index contributed by atoms with van der Waals surface area (Å²) in [6, 6.07) is 4.92. The van der Waals surface area contributed by atoms with E-state index in [2.05, 4.69) is 16.0 Å². The summed E-state index contributed by atoms with van der Waals surface area (Å²) in [6.45, 7) is 0. The molecule has 0 spiro atoms. The van der Waals surface area contributed by atoms with E-state index < -0.39 is 0 Å². The van der Waals surface area contributed by atoms with Gasteiger partial charge in [0.2, 0.25) is 0 Å².